The Kier molecular flexibility index (Phi) is 119. The van der Waals surface area contributed by atoms with Crippen LogP contribution in [0.15, 0.2) is 0 Å². The van der Waals surface area contributed by atoms with E-state index in [2.05, 4.69) is 0 Å². The van der Waals surface area contributed by atoms with E-state index in [0.29, 0.717) is 0 Å². The van der Waals surface area contributed by atoms with Gasteiger partial charge >= 0.3 is 0 Å². The Labute approximate surface area is 87.5 Å². The van der Waals surface area contributed by atoms with Crippen LogP contribution in [0.4, 0.5) is 0 Å². The molecule has 0 N–H and O–H groups in total. The van der Waals surface area contributed by atoms with Gasteiger partial charge in [0.25, 0.3) is 0 Å². The van der Waals surface area contributed by atoms with Gasteiger partial charge in [-0.2, -0.15) is 0 Å². The molecule has 4 heavy (non-hydrogen) atoms. The second-order valence-corrected chi connectivity index (χ2v) is 0. The summed E-state index contributed by atoms with van der Waals surface area (Å²) in [5, 5.41) is 0. The van der Waals surface area contributed by atoms with Crippen LogP contribution in [0.3, 0.4) is 0 Å². The Hall–Kier alpha value is 2.92. The van der Waals surface area contributed by atoms with E-state index in [1.165, 1.54) is 0 Å². The maximum Gasteiger partial charge on any atom is 0 e. The molecule has 0 aromatic rings. The largest absolute Gasteiger partial charge is 0 e. The van der Waals surface area contributed by atoms with Crippen LogP contribution in [-0.4, -0.2) is 27.3 Å². The molecule has 0 spiro atoms. The first-order valence-corrected chi connectivity index (χ1v) is 0. The zero-order valence-corrected chi connectivity index (χ0v) is 9.88. The van der Waals surface area contributed by atoms with Crippen molar-refractivity contribution in [1.29, 1.82) is 0 Å². The third-order valence-corrected chi connectivity index (χ3v) is 0. The van der Waals surface area contributed by atoms with Crippen LogP contribution < -0.4 is 0 Å². The van der Waals surface area contributed by atoms with Crippen molar-refractivity contribution < 1.29 is 61.8 Å². The molecule has 0 aliphatic rings. The molecule has 0 heterocycles. The molecule has 0 rings (SSSR count). The molecule has 7 radical (unpaired) electrons. The second kappa shape index (κ2) is 16.8. The third-order valence-electron chi connectivity index (χ3n) is 0. The zero-order chi connectivity index (χ0) is 0. The van der Waals surface area contributed by atoms with Crippen molar-refractivity contribution in [3.63, 3.8) is 0 Å². The molecule has 0 fully saturated rings. The Balaban J connectivity index is 0. The molecule has 0 aromatic heterocycles. The van der Waals surface area contributed by atoms with E-state index in [1.807, 2.05) is 0 Å². The molecule has 0 atom stereocenters. The van der Waals surface area contributed by atoms with E-state index in [0.717, 1.165) is 0 Å². The van der Waals surface area contributed by atoms with Crippen LogP contribution >= 0.6 is 0 Å². The zero-order valence-electron chi connectivity index (χ0n) is 1.40. The van der Waals surface area contributed by atoms with Crippen LogP contribution in [0.25, 0.3) is 0 Å². The minimum atomic E-state index is 0. The molecule has 0 aliphatic heterocycles. The monoisotopic (exact) mass is 575 g/mol. The van der Waals surface area contributed by atoms with E-state index in [9.17, 15) is 0 Å². The maximum atomic E-state index is 0. The average Bonchev–Trinajstić information content (AvgIpc) is 0. The molecule has 0 aliphatic carbocycles. The Bertz CT molecular complexity index is 8.00. The van der Waals surface area contributed by atoms with Gasteiger partial charge in [-0.05, 0) is 0 Å². The minimum absolute atomic E-state index is 0. The van der Waals surface area contributed by atoms with Gasteiger partial charge in [0.1, 0.15) is 0 Å². The topological polar surface area (TPSA) is 0 Å². The van der Waals surface area contributed by atoms with Crippen molar-refractivity contribution in [3.05, 3.63) is 0 Å². The third kappa shape index (κ3) is 8.87. The molecule has 0 amide bonds. The van der Waals surface area contributed by atoms with Gasteiger partial charge in [-0.15, -0.1) is 0 Å². The summed E-state index contributed by atoms with van der Waals surface area (Å²) < 4.78 is 0. The molecule has 0 unspecified atom stereocenters. The van der Waals surface area contributed by atoms with Crippen LogP contribution in [-0.2, 0) is 61.8 Å². The molecule has 0 saturated heterocycles. The van der Waals surface area contributed by atoms with Crippen molar-refractivity contribution in [2.75, 3.05) is 0 Å². The first-order chi connectivity index (χ1) is 0. The molecular formula is AgAuCuPb. The predicted octanol–water partition coefficient (Wildman–Crippen LogP) is -0.388. The van der Waals surface area contributed by atoms with E-state index >= 15 is 0 Å². The fraction of sp³-hybridized carbons (Fsp3) is 0. The first-order valence-electron chi connectivity index (χ1n) is 0. The van der Waals surface area contributed by atoms with Gasteiger partial charge in [-0.1, -0.05) is 0 Å². The van der Waals surface area contributed by atoms with E-state index in [4.69, 9.17) is 0 Å². The standard InChI is InChI=1S/Ag.Au.Cu.Pb. The van der Waals surface area contributed by atoms with Crippen molar-refractivity contribution in [1.82, 2.24) is 0 Å². The van der Waals surface area contributed by atoms with Crippen molar-refractivity contribution >= 4 is 27.3 Å². The van der Waals surface area contributed by atoms with Crippen molar-refractivity contribution in [2.45, 2.75) is 0 Å². The first kappa shape index (κ1) is 28.4. The van der Waals surface area contributed by atoms with Gasteiger partial charge in [0.15, 0.2) is 0 Å². The van der Waals surface area contributed by atoms with Gasteiger partial charge in [0.05, 0.1) is 0 Å². The quantitative estimate of drug-likeness (QED) is 0.346. The summed E-state index contributed by atoms with van der Waals surface area (Å²) in [5.41, 5.74) is 0. The SMILES string of the molecule is [Ag].[Au].[Cu].[Pb]. The predicted molar refractivity (Wildman–Crippen MR) is 5.75 cm³/mol. The molecule has 37 valence electrons. The molecule has 0 bridgehead atoms. The van der Waals surface area contributed by atoms with Crippen molar-refractivity contribution in [2.24, 2.45) is 0 Å². The Morgan fingerprint density at radius 1 is 1.00 bits per heavy atom. The summed E-state index contributed by atoms with van der Waals surface area (Å²) in [4.78, 5) is 0. The van der Waals surface area contributed by atoms with E-state index in [1.54, 1.807) is 0 Å². The fourth-order valence-corrected chi connectivity index (χ4v) is 0. The summed E-state index contributed by atoms with van der Waals surface area (Å²) in [6, 6.07) is 0. The molecular weight excluding hydrogens is 576 g/mol. The van der Waals surface area contributed by atoms with Crippen LogP contribution in [0, 0.1) is 0 Å². The van der Waals surface area contributed by atoms with Crippen LogP contribution in [0.5, 0.6) is 0 Å². The minimum Gasteiger partial charge on any atom is 0 e. The van der Waals surface area contributed by atoms with E-state index < -0.39 is 0 Å². The Morgan fingerprint density at radius 3 is 1.00 bits per heavy atom. The van der Waals surface area contributed by atoms with Crippen LogP contribution in [0.1, 0.15) is 0 Å². The molecule has 0 nitrogen and oxygen atoms in total. The maximum absolute atomic E-state index is 0. The molecule has 0 aromatic carbocycles. The normalized spacial score (nSPS) is 0. The van der Waals surface area contributed by atoms with Gasteiger partial charge in [0, 0.05) is 89.1 Å². The molecule has 4 heteroatoms. The van der Waals surface area contributed by atoms with Gasteiger partial charge in [0.2, 0.25) is 0 Å². The Morgan fingerprint density at radius 2 is 1.00 bits per heavy atom. The van der Waals surface area contributed by atoms with Gasteiger partial charge in [-0.3, -0.25) is 0 Å². The second-order valence-electron chi connectivity index (χ2n) is 0. The average molecular weight is 576 g/mol. The van der Waals surface area contributed by atoms with Gasteiger partial charge < -0.3 is 0 Å². The smallest absolute Gasteiger partial charge is 0 e. The number of hydrogen-bond acceptors (Lipinski definition) is 0. The van der Waals surface area contributed by atoms with Gasteiger partial charge in [-0.25, -0.2) is 0 Å². The summed E-state index contributed by atoms with van der Waals surface area (Å²) >= 11 is 0. The number of rotatable bonds is 0. The summed E-state index contributed by atoms with van der Waals surface area (Å²) in [5.74, 6) is 0. The summed E-state index contributed by atoms with van der Waals surface area (Å²) in [6.45, 7) is 0. The summed E-state index contributed by atoms with van der Waals surface area (Å²) in [6.07, 6.45) is 0. The van der Waals surface area contributed by atoms with Crippen molar-refractivity contribution in [3.8, 4) is 0 Å². The van der Waals surface area contributed by atoms with Crippen LogP contribution in [0.2, 0.25) is 0 Å². The fourth-order valence-electron chi connectivity index (χ4n) is 0. The molecule has 0 saturated carbocycles. The summed E-state index contributed by atoms with van der Waals surface area (Å²) in [7, 11) is 0. The number of hydrogen-bond donors (Lipinski definition) is 0. The van der Waals surface area contributed by atoms with E-state index in [-0.39, 0.29) is 89.1 Å².